The molecule has 1 fully saturated rings. The maximum absolute atomic E-state index is 2.53. The Labute approximate surface area is 105 Å². The van der Waals surface area contributed by atoms with Crippen LogP contribution in [0.1, 0.15) is 75.4 Å². The molecule has 1 aliphatic carbocycles. The molecule has 0 N–H and O–H groups in total. The van der Waals surface area contributed by atoms with Crippen molar-refractivity contribution < 1.29 is 0 Å². The minimum Gasteiger partial charge on any atom is -0.0815 e. The molecule has 1 aromatic rings. The Balaban J connectivity index is 1.88. The Hall–Kier alpha value is 0.640. The molecule has 0 radical (unpaired) electrons. The summed E-state index contributed by atoms with van der Waals surface area (Å²) in [4.78, 5) is 0. The van der Waals surface area contributed by atoms with Crippen LogP contribution in [0.2, 0.25) is 0 Å². The molecule has 0 aromatic carbocycles. The topological polar surface area (TPSA) is 0 Å². The van der Waals surface area contributed by atoms with Crippen LogP contribution in [0.25, 0.3) is 0 Å². The van der Waals surface area contributed by atoms with Crippen LogP contribution in [-0.4, -0.2) is 0 Å². The van der Waals surface area contributed by atoms with E-state index in [1.807, 2.05) is 0 Å². The average Bonchev–Trinajstić information content (AvgIpc) is 2.79. The van der Waals surface area contributed by atoms with Gasteiger partial charge in [0.25, 0.3) is 0 Å². The fourth-order valence-corrected chi connectivity index (χ4v) is 8.69. The molecule has 0 amide bonds. The molecule has 16 heavy (non-hydrogen) atoms. The Bertz CT molecular complexity index is 257. The highest BCUT2D eigenvalue weighted by Crippen LogP contribution is 2.44. The molecule has 0 aliphatic heterocycles. The van der Waals surface area contributed by atoms with Crippen molar-refractivity contribution in [2.24, 2.45) is 0 Å². The zero-order chi connectivity index (χ0) is 11.1. The summed E-state index contributed by atoms with van der Waals surface area (Å²) in [6.07, 6.45) is 14.9. The number of hydrogen-bond donors (Lipinski definition) is 0. The predicted octanol–water partition coefficient (Wildman–Crippen LogP) is 6.88. The summed E-state index contributed by atoms with van der Waals surface area (Å²) in [6, 6.07) is 0. The first-order valence-electron chi connectivity index (χ1n) is 6.82. The second-order valence-electron chi connectivity index (χ2n) is 5.00. The average molecular weight is 272 g/mol. The Kier molecular flexibility index (Phi) is 6.43. The van der Waals surface area contributed by atoms with E-state index in [0.717, 1.165) is 13.5 Å². The van der Waals surface area contributed by atoms with Crippen LogP contribution in [0.5, 0.6) is 0 Å². The highest BCUT2D eigenvalue weighted by atomic mass is 32.1. The lowest BCUT2D eigenvalue weighted by Crippen LogP contribution is -1.96. The Morgan fingerprint density at radius 2 is 1.44 bits per heavy atom. The third kappa shape index (κ3) is 4.49. The fourth-order valence-electron chi connectivity index (χ4n) is 2.69. The van der Waals surface area contributed by atoms with E-state index in [9.17, 15) is 0 Å². The van der Waals surface area contributed by atoms with Crippen molar-refractivity contribution in [1.82, 2.24) is 0 Å². The summed E-state index contributed by atoms with van der Waals surface area (Å²) in [5, 5.41) is 1.80. The highest BCUT2D eigenvalue weighted by molar-refractivity contribution is 8.17. The number of rotatable bonds is 1. The molecule has 90 valence electrons. The van der Waals surface area contributed by atoms with Crippen LogP contribution in [0.4, 0.5) is 0 Å². The first kappa shape index (κ1) is 13.1. The highest BCUT2D eigenvalue weighted by Gasteiger charge is 2.12. The van der Waals surface area contributed by atoms with Crippen molar-refractivity contribution in [2.75, 3.05) is 0 Å². The van der Waals surface area contributed by atoms with Crippen molar-refractivity contribution >= 4 is 23.3 Å². The molecule has 3 heteroatoms. The Morgan fingerprint density at radius 3 is 1.94 bits per heavy atom. The standard InChI is InChI=1S/C13H23P3/c1-2-4-6-8-10-12(9-7-5-3-1)13-11-14-16-15-13/h11-12,16H,1-10H2. The first-order chi connectivity index (χ1) is 7.97. The van der Waals surface area contributed by atoms with Crippen LogP contribution in [0.15, 0.2) is 5.80 Å². The van der Waals surface area contributed by atoms with Crippen molar-refractivity contribution in [3.05, 3.63) is 11.1 Å². The van der Waals surface area contributed by atoms with E-state index in [-0.39, 0.29) is 0 Å². The molecule has 1 unspecified atom stereocenters. The van der Waals surface area contributed by atoms with E-state index in [2.05, 4.69) is 5.80 Å². The summed E-state index contributed by atoms with van der Waals surface area (Å²) in [7, 11) is 4.44. The summed E-state index contributed by atoms with van der Waals surface area (Å²) in [5.41, 5.74) is 0. The van der Waals surface area contributed by atoms with Gasteiger partial charge < -0.3 is 0 Å². The molecule has 0 spiro atoms. The lowest BCUT2D eigenvalue weighted by molar-refractivity contribution is 0.521. The zero-order valence-electron chi connectivity index (χ0n) is 10.1. The minimum absolute atomic E-state index is 0.960. The molecular formula is C13H23P3. The maximum atomic E-state index is 2.53. The van der Waals surface area contributed by atoms with Gasteiger partial charge in [-0.3, -0.25) is 0 Å². The molecule has 0 saturated heterocycles. The van der Waals surface area contributed by atoms with Gasteiger partial charge in [-0.2, -0.15) is 0 Å². The molecule has 1 aliphatic rings. The van der Waals surface area contributed by atoms with Gasteiger partial charge in [0.2, 0.25) is 0 Å². The van der Waals surface area contributed by atoms with Crippen LogP contribution in [-0.2, 0) is 0 Å². The van der Waals surface area contributed by atoms with Crippen LogP contribution >= 0.6 is 23.3 Å². The van der Waals surface area contributed by atoms with Crippen LogP contribution < -0.4 is 0 Å². The van der Waals surface area contributed by atoms with E-state index < -0.39 is 0 Å². The van der Waals surface area contributed by atoms with Gasteiger partial charge in [0.05, 0.1) is 0 Å². The van der Waals surface area contributed by atoms with Gasteiger partial charge in [0.15, 0.2) is 0 Å². The second kappa shape index (κ2) is 7.87. The summed E-state index contributed by atoms with van der Waals surface area (Å²) in [6.45, 7) is 0. The van der Waals surface area contributed by atoms with Crippen molar-refractivity contribution in [1.29, 1.82) is 0 Å². The van der Waals surface area contributed by atoms with Gasteiger partial charge in [-0.05, 0) is 37.7 Å². The van der Waals surface area contributed by atoms with Crippen molar-refractivity contribution in [3.8, 4) is 0 Å². The second-order valence-corrected chi connectivity index (χ2v) is 10.3. The smallest absolute Gasteiger partial charge is 0.00866 e. The van der Waals surface area contributed by atoms with Crippen molar-refractivity contribution in [3.63, 3.8) is 0 Å². The van der Waals surface area contributed by atoms with Gasteiger partial charge in [-0.1, -0.05) is 66.8 Å². The molecule has 1 atom stereocenters. The normalized spacial score (nSPS) is 23.0. The first-order valence-corrected chi connectivity index (χ1v) is 11.4. The van der Waals surface area contributed by atoms with Crippen LogP contribution in [0.3, 0.4) is 0 Å². The number of hydrogen-bond acceptors (Lipinski definition) is 0. The van der Waals surface area contributed by atoms with E-state index in [1.165, 1.54) is 64.2 Å². The molecule has 2 rings (SSSR count). The Morgan fingerprint density at radius 1 is 0.875 bits per heavy atom. The van der Waals surface area contributed by atoms with Gasteiger partial charge >= 0.3 is 0 Å². The molecule has 1 aromatic heterocycles. The monoisotopic (exact) mass is 272 g/mol. The van der Waals surface area contributed by atoms with Crippen LogP contribution in [0, 0.1) is 0 Å². The predicted molar refractivity (Wildman–Crippen MR) is 79.9 cm³/mol. The van der Waals surface area contributed by atoms with Gasteiger partial charge in [0.1, 0.15) is 0 Å². The molecule has 1 saturated carbocycles. The third-order valence-corrected chi connectivity index (χ3v) is 9.03. The maximum Gasteiger partial charge on any atom is -0.00866 e. The van der Waals surface area contributed by atoms with E-state index in [0.29, 0.717) is 0 Å². The van der Waals surface area contributed by atoms with Crippen molar-refractivity contribution in [2.45, 2.75) is 70.1 Å². The zero-order valence-corrected chi connectivity index (χ0v) is 12.9. The summed E-state index contributed by atoms with van der Waals surface area (Å²) < 4.78 is 0. The summed E-state index contributed by atoms with van der Waals surface area (Å²) >= 11 is 0. The third-order valence-electron chi connectivity index (χ3n) is 3.71. The van der Waals surface area contributed by atoms with E-state index in [4.69, 9.17) is 0 Å². The van der Waals surface area contributed by atoms with Gasteiger partial charge in [-0.25, -0.2) is 0 Å². The lowest BCUT2D eigenvalue weighted by Gasteiger charge is -2.14. The SMILES string of the molecule is c1p[pH]pc1C1CCCCCCCCCC1. The fraction of sp³-hybridized carbons (Fsp3) is 0.846. The van der Waals surface area contributed by atoms with E-state index >= 15 is 0 Å². The van der Waals surface area contributed by atoms with Gasteiger partial charge in [0, 0.05) is 0 Å². The molecule has 0 nitrogen and oxygen atoms in total. The van der Waals surface area contributed by atoms with Gasteiger partial charge in [-0.15, -0.1) is 0 Å². The lowest BCUT2D eigenvalue weighted by atomic mass is 9.95. The van der Waals surface area contributed by atoms with E-state index in [1.54, 1.807) is 21.0 Å². The minimum atomic E-state index is 0.960. The largest absolute Gasteiger partial charge is 0.0815 e. The molecule has 1 heterocycles. The molecule has 0 bridgehead atoms. The molecular weight excluding hydrogens is 249 g/mol. The summed E-state index contributed by atoms with van der Waals surface area (Å²) in [5.74, 6) is 3.49. The quantitative estimate of drug-likeness (QED) is 0.523.